The highest BCUT2D eigenvalue weighted by Crippen LogP contribution is 2.14. The van der Waals surface area contributed by atoms with Crippen LogP contribution < -0.4 is 5.32 Å². The number of aryl methyl sites for hydroxylation is 1. The van der Waals surface area contributed by atoms with E-state index < -0.39 is 0 Å². The lowest BCUT2D eigenvalue weighted by atomic mass is 10.3. The Morgan fingerprint density at radius 3 is 3.07 bits per heavy atom. The quantitative estimate of drug-likeness (QED) is 0.768. The standard InChI is InChI=1S/C9H15ClN2OS/c1-7-6-14-9(12-7)11-4-3-8(10)5-13-2/h6,8H,3-5H2,1-2H3,(H,11,12). The molecule has 5 heteroatoms. The summed E-state index contributed by atoms with van der Waals surface area (Å²) < 4.78 is 4.94. The van der Waals surface area contributed by atoms with Gasteiger partial charge in [-0.1, -0.05) is 0 Å². The van der Waals surface area contributed by atoms with Crippen LogP contribution in [0.4, 0.5) is 5.13 Å². The summed E-state index contributed by atoms with van der Waals surface area (Å²) in [6, 6.07) is 0. The van der Waals surface area contributed by atoms with Gasteiger partial charge in [-0.3, -0.25) is 0 Å². The first kappa shape index (κ1) is 11.8. The molecule has 0 fully saturated rings. The molecule has 3 nitrogen and oxygen atoms in total. The maximum atomic E-state index is 5.97. The summed E-state index contributed by atoms with van der Waals surface area (Å²) in [4.78, 5) is 4.29. The molecule has 1 atom stereocenters. The Morgan fingerprint density at radius 2 is 2.50 bits per heavy atom. The molecule has 0 bridgehead atoms. The summed E-state index contributed by atoms with van der Waals surface area (Å²) >= 11 is 7.59. The molecular weight excluding hydrogens is 220 g/mol. The maximum Gasteiger partial charge on any atom is 0.182 e. The van der Waals surface area contributed by atoms with Gasteiger partial charge in [0.1, 0.15) is 0 Å². The highest BCUT2D eigenvalue weighted by molar-refractivity contribution is 7.13. The molecule has 14 heavy (non-hydrogen) atoms. The monoisotopic (exact) mass is 234 g/mol. The molecule has 0 aromatic carbocycles. The molecule has 0 radical (unpaired) electrons. The SMILES string of the molecule is COCC(Cl)CCNc1nc(C)cs1. The van der Waals surface area contributed by atoms with E-state index in [1.165, 1.54) is 0 Å². The lowest BCUT2D eigenvalue weighted by molar-refractivity contribution is 0.196. The number of hydrogen-bond donors (Lipinski definition) is 1. The van der Waals surface area contributed by atoms with Gasteiger partial charge in [-0.25, -0.2) is 4.98 Å². The van der Waals surface area contributed by atoms with Crippen molar-refractivity contribution in [1.82, 2.24) is 4.98 Å². The molecule has 1 N–H and O–H groups in total. The number of aromatic nitrogens is 1. The number of alkyl halides is 1. The zero-order chi connectivity index (χ0) is 10.4. The van der Waals surface area contributed by atoms with Gasteiger partial charge in [0.25, 0.3) is 0 Å². The smallest absolute Gasteiger partial charge is 0.182 e. The van der Waals surface area contributed by atoms with Crippen LogP contribution in [-0.4, -0.2) is 30.6 Å². The second-order valence-electron chi connectivity index (χ2n) is 3.06. The Morgan fingerprint density at radius 1 is 1.71 bits per heavy atom. The summed E-state index contributed by atoms with van der Waals surface area (Å²) in [6.07, 6.45) is 0.883. The molecule has 1 rings (SSSR count). The summed E-state index contributed by atoms with van der Waals surface area (Å²) in [6.45, 7) is 3.42. The van der Waals surface area contributed by atoms with Gasteiger partial charge in [0.05, 0.1) is 17.7 Å². The van der Waals surface area contributed by atoms with Crippen LogP contribution in [0.15, 0.2) is 5.38 Å². The highest BCUT2D eigenvalue weighted by Gasteiger charge is 2.03. The van der Waals surface area contributed by atoms with Crippen LogP contribution in [0.1, 0.15) is 12.1 Å². The Balaban J connectivity index is 2.15. The fourth-order valence-electron chi connectivity index (χ4n) is 1.04. The van der Waals surface area contributed by atoms with Gasteiger partial charge in [-0.2, -0.15) is 0 Å². The Kier molecular flexibility index (Phi) is 5.22. The molecule has 1 aromatic rings. The van der Waals surface area contributed by atoms with Crippen LogP contribution in [0, 0.1) is 6.92 Å². The zero-order valence-electron chi connectivity index (χ0n) is 8.42. The van der Waals surface area contributed by atoms with Gasteiger partial charge in [0.2, 0.25) is 0 Å². The van der Waals surface area contributed by atoms with Crippen LogP contribution >= 0.6 is 22.9 Å². The number of ether oxygens (including phenoxy) is 1. The van der Waals surface area contributed by atoms with Gasteiger partial charge < -0.3 is 10.1 Å². The number of nitrogens with zero attached hydrogens (tertiary/aromatic N) is 1. The van der Waals surface area contributed by atoms with E-state index in [9.17, 15) is 0 Å². The van der Waals surface area contributed by atoms with Gasteiger partial charge in [-0.05, 0) is 13.3 Å². The van der Waals surface area contributed by atoms with Gasteiger partial charge in [0, 0.05) is 19.0 Å². The first-order chi connectivity index (χ1) is 6.72. The molecule has 1 heterocycles. The van der Waals surface area contributed by atoms with Crippen molar-refractivity contribution in [3.63, 3.8) is 0 Å². The number of hydrogen-bond acceptors (Lipinski definition) is 4. The number of nitrogens with one attached hydrogen (secondary N) is 1. The van der Waals surface area contributed by atoms with E-state index in [1.807, 2.05) is 12.3 Å². The Labute approximate surface area is 93.4 Å². The third-order valence-electron chi connectivity index (χ3n) is 1.70. The predicted molar refractivity (Wildman–Crippen MR) is 61.5 cm³/mol. The molecule has 0 aliphatic rings. The number of rotatable bonds is 6. The van der Waals surface area contributed by atoms with Crippen LogP contribution in [0.5, 0.6) is 0 Å². The highest BCUT2D eigenvalue weighted by atomic mass is 35.5. The molecule has 0 aliphatic heterocycles. The zero-order valence-corrected chi connectivity index (χ0v) is 9.99. The molecule has 0 spiro atoms. The minimum absolute atomic E-state index is 0.0774. The van der Waals surface area contributed by atoms with Crippen molar-refractivity contribution < 1.29 is 4.74 Å². The van der Waals surface area contributed by atoms with E-state index in [0.717, 1.165) is 23.8 Å². The van der Waals surface area contributed by atoms with Crippen molar-refractivity contribution in [3.8, 4) is 0 Å². The van der Waals surface area contributed by atoms with E-state index in [1.54, 1.807) is 18.4 Å². The maximum absolute atomic E-state index is 5.97. The lowest BCUT2D eigenvalue weighted by Gasteiger charge is -2.07. The molecule has 80 valence electrons. The van der Waals surface area contributed by atoms with E-state index >= 15 is 0 Å². The van der Waals surface area contributed by atoms with E-state index in [-0.39, 0.29) is 5.38 Å². The van der Waals surface area contributed by atoms with Crippen molar-refractivity contribution >= 4 is 28.1 Å². The minimum Gasteiger partial charge on any atom is -0.383 e. The molecule has 0 saturated carbocycles. The molecule has 0 amide bonds. The van der Waals surface area contributed by atoms with Crippen molar-refractivity contribution in [1.29, 1.82) is 0 Å². The van der Waals surface area contributed by atoms with Gasteiger partial charge in [-0.15, -0.1) is 22.9 Å². The fraction of sp³-hybridized carbons (Fsp3) is 0.667. The van der Waals surface area contributed by atoms with Crippen LogP contribution in [0.3, 0.4) is 0 Å². The summed E-state index contributed by atoms with van der Waals surface area (Å²) in [5.74, 6) is 0. The normalized spacial score (nSPS) is 12.8. The minimum atomic E-state index is 0.0774. The van der Waals surface area contributed by atoms with Crippen LogP contribution in [-0.2, 0) is 4.74 Å². The second-order valence-corrected chi connectivity index (χ2v) is 4.54. The molecule has 0 aliphatic carbocycles. The number of anilines is 1. The first-order valence-electron chi connectivity index (χ1n) is 4.51. The van der Waals surface area contributed by atoms with Crippen LogP contribution in [0.2, 0.25) is 0 Å². The third-order valence-corrected chi connectivity index (χ3v) is 2.96. The summed E-state index contributed by atoms with van der Waals surface area (Å²) in [5, 5.41) is 6.28. The van der Waals surface area contributed by atoms with E-state index in [2.05, 4.69) is 10.3 Å². The fourth-order valence-corrected chi connectivity index (χ4v) is 1.99. The Hall–Kier alpha value is -0.320. The molecular formula is C9H15ClN2OS. The van der Waals surface area contributed by atoms with Crippen molar-refractivity contribution in [3.05, 3.63) is 11.1 Å². The molecule has 1 aromatic heterocycles. The summed E-state index contributed by atoms with van der Waals surface area (Å²) in [5.41, 5.74) is 1.05. The van der Waals surface area contributed by atoms with Crippen LogP contribution in [0.25, 0.3) is 0 Å². The van der Waals surface area contributed by atoms with Crippen molar-refractivity contribution in [2.24, 2.45) is 0 Å². The Bertz CT molecular complexity index is 267. The van der Waals surface area contributed by atoms with Crippen molar-refractivity contribution in [2.45, 2.75) is 18.7 Å². The topological polar surface area (TPSA) is 34.1 Å². The average Bonchev–Trinajstić information content (AvgIpc) is 2.52. The lowest BCUT2D eigenvalue weighted by Crippen LogP contribution is -2.13. The van der Waals surface area contributed by atoms with Crippen molar-refractivity contribution in [2.75, 3.05) is 25.6 Å². The summed E-state index contributed by atoms with van der Waals surface area (Å²) in [7, 11) is 1.66. The third kappa shape index (κ3) is 4.26. The molecule has 0 saturated heterocycles. The van der Waals surface area contributed by atoms with E-state index in [0.29, 0.717) is 6.61 Å². The average molecular weight is 235 g/mol. The second kappa shape index (κ2) is 6.22. The molecule has 1 unspecified atom stereocenters. The van der Waals surface area contributed by atoms with Gasteiger partial charge in [0.15, 0.2) is 5.13 Å². The van der Waals surface area contributed by atoms with E-state index in [4.69, 9.17) is 16.3 Å². The predicted octanol–water partition coefficient (Wildman–Crippen LogP) is 2.51. The largest absolute Gasteiger partial charge is 0.383 e. The number of halogens is 1. The first-order valence-corrected chi connectivity index (χ1v) is 5.83. The number of thiazole rings is 1. The van der Waals surface area contributed by atoms with Gasteiger partial charge >= 0.3 is 0 Å². The number of methoxy groups -OCH3 is 1.